The lowest BCUT2D eigenvalue weighted by molar-refractivity contribution is 0.259. The van der Waals surface area contributed by atoms with Gasteiger partial charge in [-0.15, -0.1) is 0 Å². The third-order valence-corrected chi connectivity index (χ3v) is 4.59. The highest BCUT2D eigenvalue weighted by Gasteiger charge is 2.21. The first-order valence-corrected chi connectivity index (χ1v) is 7.87. The van der Waals surface area contributed by atoms with Gasteiger partial charge in [-0.3, -0.25) is 4.90 Å². The predicted octanol–water partition coefficient (Wildman–Crippen LogP) is 2.97. The molecular formula is C17H26N2. The quantitative estimate of drug-likeness (QED) is 0.844. The molecule has 3 rings (SSSR count). The number of benzene rings is 1. The Hall–Kier alpha value is -0.860. The summed E-state index contributed by atoms with van der Waals surface area (Å²) in [6, 6.07) is 10.6. The van der Waals surface area contributed by atoms with Crippen molar-refractivity contribution < 1.29 is 0 Å². The SMILES string of the molecule is CC1CCCN1Cc1ccccc1CCNC1CC1. The summed E-state index contributed by atoms with van der Waals surface area (Å²) in [5.41, 5.74) is 3.07. The van der Waals surface area contributed by atoms with Gasteiger partial charge in [-0.1, -0.05) is 24.3 Å². The van der Waals surface area contributed by atoms with Crippen molar-refractivity contribution in [2.24, 2.45) is 0 Å². The highest BCUT2D eigenvalue weighted by atomic mass is 15.2. The van der Waals surface area contributed by atoms with Crippen LogP contribution in [0.2, 0.25) is 0 Å². The molecular weight excluding hydrogens is 232 g/mol. The Morgan fingerprint density at radius 1 is 1.16 bits per heavy atom. The molecule has 0 radical (unpaired) electrons. The van der Waals surface area contributed by atoms with E-state index in [2.05, 4.69) is 41.4 Å². The van der Waals surface area contributed by atoms with Gasteiger partial charge in [0.15, 0.2) is 0 Å². The molecule has 1 aromatic carbocycles. The third-order valence-electron chi connectivity index (χ3n) is 4.59. The maximum Gasteiger partial charge on any atom is 0.0239 e. The minimum absolute atomic E-state index is 0.762. The van der Waals surface area contributed by atoms with Crippen LogP contribution < -0.4 is 5.32 Å². The third kappa shape index (κ3) is 3.58. The van der Waals surface area contributed by atoms with Crippen LogP contribution in [0.3, 0.4) is 0 Å². The Morgan fingerprint density at radius 2 is 1.95 bits per heavy atom. The van der Waals surface area contributed by atoms with Crippen molar-refractivity contribution in [1.82, 2.24) is 10.2 Å². The standard InChI is InChI=1S/C17H26N2/c1-14-5-4-12-19(14)13-16-7-3-2-6-15(16)10-11-18-17-8-9-17/h2-3,6-7,14,17-18H,4-5,8-13H2,1H3. The van der Waals surface area contributed by atoms with E-state index in [1.54, 1.807) is 0 Å². The molecule has 104 valence electrons. The van der Waals surface area contributed by atoms with Gasteiger partial charge < -0.3 is 5.32 Å². The van der Waals surface area contributed by atoms with Gasteiger partial charge in [-0.05, 0) is 63.2 Å². The Balaban J connectivity index is 1.59. The van der Waals surface area contributed by atoms with Crippen LogP contribution in [0.15, 0.2) is 24.3 Å². The Labute approximate surface area is 117 Å². The van der Waals surface area contributed by atoms with Crippen LogP contribution in [-0.4, -0.2) is 30.1 Å². The number of nitrogens with zero attached hydrogens (tertiary/aromatic N) is 1. The van der Waals surface area contributed by atoms with E-state index in [0.717, 1.165) is 25.2 Å². The van der Waals surface area contributed by atoms with Gasteiger partial charge in [-0.2, -0.15) is 0 Å². The summed E-state index contributed by atoms with van der Waals surface area (Å²) in [6.45, 7) is 5.91. The monoisotopic (exact) mass is 258 g/mol. The lowest BCUT2D eigenvalue weighted by Gasteiger charge is -2.22. The average molecular weight is 258 g/mol. The van der Waals surface area contributed by atoms with Crippen molar-refractivity contribution in [2.75, 3.05) is 13.1 Å². The maximum absolute atomic E-state index is 3.62. The summed E-state index contributed by atoms with van der Waals surface area (Å²) in [5, 5.41) is 3.62. The van der Waals surface area contributed by atoms with E-state index in [9.17, 15) is 0 Å². The van der Waals surface area contributed by atoms with Crippen LogP contribution in [0.5, 0.6) is 0 Å². The minimum atomic E-state index is 0.762. The van der Waals surface area contributed by atoms with Crippen LogP contribution >= 0.6 is 0 Å². The zero-order valence-electron chi connectivity index (χ0n) is 12.1. The van der Waals surface area contributed by atoms with E-state index >= 15 is 0 Å². The zero-order chi connectivity index (χ0) is 13.1. The number of likely N-dealkylation sites (tertiary alicyclic amines) is 1. The van der Waals surface area contributed by atoms with Crippen molar-refractivity contribution in [3.05, 3.63) is 35.4 Å². The van der Waals surface area contributed by atoms with E-state index in [1.807, 2.05) is 0 Å². The first-order valence-electron chi connectivity index (χ1n) is 7.87. The second kappa shape index (κ2) is 6.06. The molecule has 1 aliphatic carbocycles. The Kier molecular flexibility index (Phi) is 4.19. The number of rotatable bonds is 6. The predicted molar refractivity (Wildman–Crippen MR) is 80.3 cm³/mol. The molecule has 1 atom stereocenters. The van der Waals surface area contributed by atoms with E-state index in [0.29, 0.717) is 0 Å². The normalized spacial score (nSPS) is 23.9. The molecule has 1 saturated carbocycles. The molecule has 1 aromatic rings. The molecule has 1 N–H and O–H groups in total. The number of hydrogen-bond acceptors (Lipinski definition) is 2. The summed E-state index contributed by atoms with van der Waals surface area (Å²) in [5.74, 6) is 0. The Bertz CT molecular complexity index is 411. The topological polar surface area (TPSA) is 15.3 Å². The van der Waals surface area contributed by atoms with Gasteiger partial charge >= 0.3 is 0 Å². The van der Waals surface area contributed by atoms with Gasteiger partial charge in [-0.25, -0.2) is 0 Å². The molecule has 0 amide bonds. The molecule has 2 fully saturated rings. The van der Waals surface area contributed by atoms with Gasteiger partial charge in [0.05, 0.1) is 0 Å². The van der Waals surface area contributed by atoms with Crippen LogP contribution in [-0.2, 0) is 13.0 Å². The molecule has 2 heteroatoms. The van der Waals surface area contributed by atoms with E-state index in [-0.39, 0.29) is 0 Å². The van der Waals surface area contributed by atoms with Crippen LogP contribution in [0.4, 0.5) is 0 Å². The maximum atomic E-state index is 3.62. The van der Waals surface area contributed by atoms with Crippen molar-refractivity contribution in [3.63, 3.8) is 0 Å². The molecule has 1 saturated heterocycles. The summed E-state index contributed by atoms with van der Waals surface area (Å²) in [7, 11) is 0. The fourth-order valence-electron chi connectivity index (χ4n) is 3.10. The zero-order valence-corrected chi connectivity index (χ0v) is 12.1. The van der Waals surface area contributed by atoms with Gasteiger partial charge in [0, 0.05) is 18.6 Å². The van der Waals surface area contributed by atoms with Crippen molar-refractivity contribution in [1.29, 1.82) is 0 Å². The average Bonchev–Trinajstić information content (AvgIpc) is 3.16. The summed E-state index contributed by atoms with van der Waals surface area (Å²) < 4.78 is 0. The molecule has 2 nitrogen and oxygen atoms in total. The largest absolute Gasteiger partial charge is 0.314 e. The van der Waals surface area contributed by atoms with Crippen molar-refractivity contribution in [3.8, 4) is 0 Å². The summed E-state index contributed by atoms with van der Waals surface area (Å²) in [6.07, 6.45) is 6.67. The highest BCUT2D eigenvalue weighted by Crippen LogP contribution is 2.22. The Morgan fingerprint density at radius 3 is 2.63 bits per heavy atom. The van der Waals surface area contributed by atoms with Crippen LogP contribution in [0.25, 0.3) is 0 Å². The number of nitrogens with one attached hydrogen (secondary N) is 1. The lowest BCUT2D eigenvalue weighted by atomic mass is 10.0. The number of hydrogen-bond donors (Lipinski definition) is 1. The second-order valence-electron chi connectivity index (χ2n) is 6.21. The van der Waals surface area contributed by atoms with Crippen LogP contribution in [0, 0.1) is 0 Å². The van der Waals surface area contributed by atoms with E-state index in [4.69, 9.17) is 0 Å². The molecule has 0 aromatic heterocycles. The van der Waals surface area contributed by atoms with E-state index in [1.165, 1.54) is 49.8 Å². The fourth-order valence-corrected chi connectivity index (χ4v) is 3.10. The molecule has 1 heterocycles. The molecule has 2 aliphatic rings. The highest BCUT2D eigenvalue weighted by molar-refractivity contribution is 5.27. The van der Waals surface area contributed by atoms with Gasteiger partial charge in [0.25, 0.3) is 0 Å². The smallest absolute Gasteiger partial charge is 0.0239 e. The second-order valence-corrected chi connectivity index (χ2v) is 6.21. The molecule has 1 aliphatic heterocycles. The molecule has 0 bridgehead atoms. The fraction of sp³-hybridized carbons (Fsp3) is 0.647. The van der Waals surface area contributed by atoms with E-state index < -0.39 is 0 Å². The minimum Gasteiger partial charge on any atom is -0.314 e. The first kappa shape index (κ1) is 13.1. The van der Waals surface area contributed by atoms with Gasteiger partial charge in [0.1, 0.15) is 0 Å². The first-order chi connectivity index (χ1) is 9.33. The van der Waals surface area contributed by atoms with Crippen molar-refractivity contribution in [2.45, 2.75) is 57.7 Å². The molecule has 0 spiro atoms. The summed E-state index contributed by atoms with van der Waals surface area (Å²) >= 11 is 0. The lowest BCUT2D eigenvalue weighted by Crippen LogP contribution is -2.27. The van der Waals surface area contributed by atoms with Gasteiger partial charge in [0.2, 0.25) is 0 Å². The van der Waals surface area contributed by atoms with Crippen molar-refractivity contribution >= 4 is 0 Å². The van der Waals surface area contributed by atoms with Crippen LogP contribution in [0.1, 0.15) is 43.7 Å². The summed E-state index contributed by atoms with van der Waals surface area (Å²) in [4.78, 5) is 2.63. The molecule has 19 heavy (non-hydrogen) atoms. The molecule has 1 unspecified atom stereocenters.